The van der Waals surface area contributed by atoms with Gasteiger partial charge in [0, 0.05) is 25.6 Å². The van der Waals surface area contributed by atoms with Crippen molar-refractivity contribution in [2.45, 2.75) is 37.9 Å². The molecule has 1 aliphatic heterocycles. The molecule has 2 aliphatic rings. The first-order valence-electron chi connectivity index (χ1n) is 6.55. The van der Waals surface area contributed by atoms with Crippen molar-refractivity contribution in [1.29, 1.82) is 0 Å². The third-order valence-electron chi connectivity index (χ3n) is 3.63. The first-order valence-corrected chi connectivity index (χ1v) is 6.55. The highest BCUT2D eigenvalue weighted by atomic mass is 16.5. The van der Waals surface area contributed by atoms with Gasteiger partial charge in [0.2, 0.25) is 5.91 Å². The number of hydrogen-bond acceptors (Lipinski definition) is 4. The molecule has 17 heavy (non-hydrogen) atoms. The highest BCUT2D eigenvalue weighted by Crippen LogP contribution is 2.23. The van der Waals surface area contributed by atoms with Crippen molar-refractivity contribution >= 4 is 5.91 Å². The Kier molecular flexibility index (Phi) is 4.76. The van der Waals surface area contributed by atoms with E-state index in [2.05, 4.69) is 10.6 Å². The highest BCUT2D eigenvalue weighted by Gasteiger charge is 2.26. The molecule has 3 unspecified atom stereocenters. The Hall–Kier alpha value is -0.650. The monoisotopic (exact) mass is 242 g/mol. The summed E-state index contributed by atoms with van der Waals surface area (Å²) in [5.74, 6) is 0.152. The number of nitrogens with one attached hydrogen (secondary N) is 2. The van der Waals surface area contributed by atoms with E-state index in [-0.39, 0.29) is 24.0 Å². The van der Waals surface area contributed by atoms with E-state index < -0.39 is 0 Å². The number of ether oxygens (including phenoxy) is 1. The van der Waals surface area contributed by atoms with Crippen molar-refractivity contribution in [3.63, 3.8) is 0 Å². The van der Waals surface area contributed by atoms with Crippen molar-refractivity contribution in [1.82, 2.24) is 10.6 Å². The van der Waals surface area contributed by atoms with Crippen LogP contribution < -0.4 is 10.6 Å². The van der Waals surface area contributed by atoms with E-state index in [4.69, 9.17) is 4.74 Å². The molecule has 1 saturated carbocycles. The number of aliphatic hydroxyl groups excluding tert-OH is 1. The molecule has 0 aromatic carbocycles. The van der Waals surface area contributed by atoms with Gasteiger partial charge in [-0.05, 0) is 12.8 Å². The molecule has 5 nitrogen and oxygen atoms in total. The van der Waals surface area contributed by atoms with Crippen LogP contribution in [0.4, 0.5) is 0 Å². The lowest BCUT2D eigenvalue weighted by Gasteiger charge is -2.29. The number of carbonyl (C=O) groups is 1. The van der Waals surface area contributed by atoms with Gasteiger partial charge in [0.1, 0.15) is 6.10 Å². The van der Waals surface area contributed by atoms with Crippen LogP contribution in [0.25, 0.3) is 0 Å². The average molecular weight is 242 g/mol. The van der Waals surface area contributed by atoms with Crippen molar-refractivity contribution in [3.8, 4) is 0 Å². The molecule has 1 aliphatic carbocycles. The van der Waals surface area contributed by atoms with Gasteiger partial charge in [-0.25, -0.2) is 0 Å². The first-order chi connectivity index (χ1) is 8.27. The van der Waals surface area contributed by atoms with Crippen LogP contribution in [0.1, 0.15) is 25.7 Å². The fourth-order valence-electron chi connectivity index (χ4n) is 2.51. The van der Waals surface area contributed by atoms with E-state index in [0.29, 0.717) is 19.7 Å². The molecule has 0 spiro atoms. The number of amides is 1. The predicted octanol–water partition coefficient (Wildman–Crippen LogP) is -0.358. The van der Waals surface area contributed by atoms with Crippen molar-refractivity contribution in [3.05, 3.63) is 0 Å². The summed E-state index contributed by atoms with van der Waals surface area (Å²) in [6, 6.07) is 0. The zero-order chi connectivity index (χ0) is 12.1. The van der Waals surface area contributed by atoms with Gasteiger partial charge < -0.3 is 20.5 Å². The summed E-state index contributed by atoms with van der Waals surface area (Å²) in [7, 11) is 0. The van der Waals surface area contributed by atoms with Gasteiger partial charge in [0.05, 0.1) is 12.7 Å². The van der Waals surface area contributed by atoms with Gasteiger partial charge in [-0.15, -0.1) is 0 Å². The quantitative estimate of drug-likeness (QED) is 0.632. The number of morpholine rings is 1. The minimum Gasteiger partial charge on any atom is -0.393 e. The van der Waals surface area contributed by atoms with E-state index >= 15 is 0 Å². The third kappa shape index (κ3) is 3.66. The second kappa shape index (κ2) is 6.33. The SMILES string of the molecule is O=C(NCC1CCCCC1O)C1CNCCO1. The van der Waals surface area contributed by atoms with Crippen molar-refractivity contribution < 1.29 is 14.6 Å². The maximum Gasteiger partial charge on any atom is 0.250 e. The number of hydrogen-bond donors (Lipinski definition) is 3. The Morgan fingerprint density at radius 3 is 2.94 bits per heavy atom. The van der Waals surface area contributed by atoms with Crippen LogP contribution in [0, 0.1) is 5.92 Å². The topological polar surface area (TPSA) is 70.6 Å². The summed E-state index contributed by atoms with van der Waals surface area (Å²) in [5, 5.41) is 15.8. The molecule has 3 N–H and O–H groups in total. The lowest BCUT2D eigenvalue weighted by atomic mass is 9.86. The summed E-state index contributed by atoms with van der Waals surface area (Å²) in [6.07, 6.45) is 3.49. The van der Waals surface area contributed by atoms with Crippen LogP contribution in [-0.2, 0) is 9.53 Å². The van der Waals surface area contributed by atoms with E-state index in [1.807, 2.05) is 0 Å². The lowest BCUT2D eigenvalue weighted by Crippen LogP contribution is -2.49. The van der Waals surface area contributed by atoms with Gasteiger partial charge >= 0.3 is 0 Å². The predicted molar refractivity (Wildman–Crippen MR) is 63.6 cm³/mol. The molecule has 0 radical (unpaired) electrons. The van der Waals surface area contributed by atoms with Gasteiger partial charge in [-0.3, -0.25) is 4.79 Å². The smallest absolute Gasteiger partial charge is 0.250 e. The fraction of sp³-hybridized carbons (Fsp3) is 0.917. The Balaban J connectivity index is 1.71. The van der Waals surface area contributed by atoms with Crippen LogP contribution in [0.5, 0.6) is 0 Å². The van der Waals surface area contributed by atoms with Crippen LogP contribution in [-0.4, -0.2) is 49.5 Å². The molecule has 0 aromatic rings. The van der Waals surface area contributed by atoms with Gasteiger partial charge in [-0.1, -0.05) is 12.8 Å². The standard InChI is InChI=1S/C12H22N2O3/c15-10-4-2-1-3-9(10)7-14-12(16)11-8-13-5-6-17-11/h9-11,13,15H,1-8H2,(H,14,16). The molecule has 2 rings (SSSR count). The van der Waals surface area contributed by atoms with Crippen LogP contribution in [0.15, 0.2) is 0 Å². The maximum absolute atomic E-state index is 11.8. The summed E-state index contributed by atoms with van der Waals surface area (Å²) >= 11 is 0. The highest BCUT2D eigenvalue weighted by molar-refractivity contribution is 5.81. The number of aliphatic hydroxyl groups is 1. The Morgan fingerprint density at radius 1 is 1.41 bits per heavy atom. The Bertz CT molecular complexity index is 254. The number of rotatable bonds is 3. The zero-order valence-electron chi connectivity index (χ0n) is 10.2. The minimum atomic E-state index is -0.371. The summed E-state index contributed by atoms with van der Waals surface area (Å²) < 4.78 is 5.37. The average Bonchev–Trinajstić information content (AvgIpc) is 2.38. The normalized spacial score (nSPS) is 34.3. The zero-order valence-corrected chi connectivity index (χ0v) is 10.2. The molecule has 0 aromatic heterocycles. The molecule has 1 heterocycles. The maximum atomic E-state index is 11.8. The molecule has 5 heteroatoms. The first kappa shape index (κ1) is 12.8. The fourth-order valence-corrected chi connectivity index (χ4v) is 2.51. The second-order valence-electron chi connectivity index (χ2n) is 4.92. The van der Waals surface area contributed by atoms with Gasteiger partial charge in [0.15, 0.2) is 0 Å². The van der Waals surface area contributed by atoms with Gasteiger partial charge in [-0.2, -0.15) is 0 Å². The molecule has 2 fully saturated rings. The summed E-state index contributed by atoms with van der Waals surface area (Å²) in [6.45, 7) is 2.55. The number of carbonyl (C=O) groups excluding carboxylic acids is 1. The van der Waals surface area contributed by atoms with Crippen LogP contribution in [0.3, 0.4) is 0 Å². The molecule has 1 saturated heterocycles. The molecule has 98 valence electrons. The van der Waals surface area contributed by atoms with Gasteiger partial charge in [0.25, 0.3) is 0 Å². The Morgan fingerprint density at radius 2 is 2.24 bits per heavy atom. The molecule has 0 bridgehead atoms. The minimum absolute atomic E-state index is 0.0602. The van der Waals surface area contributed by atoms with Crippen LogP contribution in [0.2, 0.25) is 0 Å². The van der Waals surface area contributed by atoms with E-state index in [1.54, 1.807) is 0 Å². The lowest BCUT2D eigenvalue weighted by molar-refractivity contribution is -0.134. The summed E-state index contributed by atoms with van der Waals surface area (Å²) in [5.41, 5.74) is 0. The molecular formula is C12H22N2O3. The third-order valence-corrected chi connectivity index (χ3v) is 3.63. The summed E-state index contributed by atoms with van der Waals surface area (Å²) in [4.78, 5) is 11.8. The van der Waals surface area contributed by atoms with Crippen molar-refractivity contribution in [2.24, 2.45) is 5.92 Å². The molecular weight excluding hydrogens is 220 g/mol. The van der Waals surface area contributed by atoms with E-state index in [0.717, 1.165) is 32.2 Å². The molecule has 1 amide bonds. The van der Waals surface area contributed by atoms with Crippen molar-refractivity contribution in [2.75, 3.05) is 26.2 Å². The Labute approximate surface area is 102 Å². The van der Waals surface area contributed by atoms with E-state index in [9.17, 15) is 9.90 Å². The molecule has 3 atom stereocenters. The second-order valence-corrected chi connectivity index (χ2v) is 4.92. The largest absolute Gasteiger partial charge is 0.393 e. The van der Waals surface area contributed by atoms with Crippen LogP contribution >= 0.6 is 0 Å². The van der Waals surface area contributed by atoms with E-state index in [1.165, 1.54) is 0 Å².